The van der Waals surface area contributed by atoms with Gasteiger partial charge in [0.15, 0.2) is 5.13 Å². The fourth-order valence-corrected chi connectivity index (χ4v) is 1.65. The number of carbonyl (C=O) groups excluding carboxylic acids is 1. The highest BCUT2D eigenvalue weighted by Crippen LogP contribution is 2.21. The first-order valence-corrected chi connectivity index (χ1v) is 5.62. The van der Waals surface area contributed by atoms with Gasteiger partial charge in [0, 0.05) is 11.8 Å². The van der Waals surface area contributed by atoms with Crippen LogP contribution in [0.4, 0.5) is 5.13 Å². The van der Waals surface area contributed by atoms with Crippen LogP contribution in [0.3, 0.4) is 0 Å². The molecule has 1 aromatic heterocycles. The van der Waals surface area contributed by atoms with Gasteiger partial charge in [-0.05, 0) is 6.92 Å². The number of anilines is 1. The van der Waals surface area contributed by atoms with Crippen molar-refractivity contribution in [2.75, 3.05) is 5.73 Å². The van der Waals surface area contributed by atoms with Gasteiger partial charge in [-0.1, -0.05) is 5.16 Å². The number of aromatic nitrogens is 1. The molecule has 1 radical (unpaired) electrons. The van der Waals surface area contributed by atoms with E-state index in [0.717, 1.165) is 0 Å². The third-order valence-electron chi connectivity index (χ3n) is 1.96. The molecule has 9 heteroatoms. The summed E-state index contributed by atoms with van der Waals surface area (Å²) in [6.45, 7) is 1.29. The fourth-order valence-electron chi connectivity index (χ4n) is 1.09. The van der Waals surface area contributed by atoms with Crippen molar-refractivity contribution in [1.29, 1.82) is 0 Å². The average Bonchev–Trinajstić information content (AvgIpc) is 2.62. The number of carboxylic acids is 1. The van der Waals surface area contributed by atoms with Crippen LogP contribution in [0, 0.1) is 0 Å². The molecule has 0 aliphatic carbocycles. The first-order valence-electron chi connectivity index (χ1n) is 4.74. The number of nitrogens with two attached hydrogens (primary N) is 1. The normalized spacial score (nSPS) is 14.3. The molecule has 0 spiro atoms. The van der Waals surface area contributed by atoms with Gasteiger partial charge in [-0.15, -0.1) is 11.3 Å². The second kappa shape index (κ2) is 5.45. The van der Waals surface area contributed by atoms with Gasteiger partial charge >= 0.3 is 5.97 Å². The molecule has 1 aromatic rings. The summed E-state index contributed by atoms with van der Waals surface area (Å²) in [5.41, 5.74) is 10.8. The molecule has 0 saturated heterocycles. The molecular weight excluding hydrogens is 260 g/mol. The number of hydrogen-bond donors (Lipinski definition) is 2. The highest BCUT2D eigenvalue weighted by molar-refractivity contribution is 7.13. The molecule has 1 unspecified atom stereocenters. The molecular formula is C9H11N4O4S. The SMILES string of the molecule is CC(Cc1csc(N)n1)(O/N=C\C([NH])=O)C(=O)O. The number of thiazole rings is 1. The van der Waals surface area contributed by atoms with Gasteiger partial charge in [0.1, 0.15) is 6.21 Å². The van der Waals surface area contributed by atoms with Gasteiger partial charge in [-0.2, -0.15) is 0 Å². The molecule has 1 rings (SSSR count). The van der Waals surface area contributed by atoms with Gasteiger partial charge in [0.2, 0.25) is 5.60 Å². The zero-order chi connectivity index (χ0) is 13.8. The van der Waals surface area contributed by atoms with Gasteiger partial charge in [-0.25, -0.2) is 9.78 Å². The minimum absolute atomic E-state index is 0.0560. The number of aliphatic carboxylic acids is 1. The van der Waals surface area contributed by atoms with Crippen LogP contribution < -0.4 is 11.5 Å². The minimum Gasteiger partial charge on any atom is -0.478 e. The minimum atomic E-state index is -1.67. The summed E-state index contributed by atoms with van der Waals surface area (Å²) in [6, 6.07) is 0. The molecule has 18 heavy (non-hydrogen) atoms. The van der Waals surface area contributed by atoms with Gasteiger partial charge in [0.25, 0.3) is 5.91 Å². The maximum absolute atomic E-state index is 11.1. The van der Waals surface area contributed by atoms with Crippen molar-refractivity contribution in [2.45, 2.75) is 18.9 Å². The van der Waals surface area contributed by atoms with Gasteiger partial charge in [-0.3, -0.25) is 10.5 Å². The van der Waals surface area contributed by atoms with E-state index >= 15 is 0 Å². The largest absolute Gasteiger partial charge is 0.478 e. The molecule has 4 N–H and O–H groups in total. The lowest BCUT2D eigenvalue weighted by Gasteiger charge is -2.20. The third-order valence-corrected chi connectivity index (χ3v) is 2.69. The van der Waals surface area contributed by atoms with Crippen LogP contribution in [-0.4, -0.2) is 33.8 Å². The van der Waals surface area contributed by atoms with Crippen LogP contribution in [0.15, 0.2) is 10.5 Å². The third kappa shape index (κ3) is 3.70. The fraction of sp³-hybridized carbons (Fsp3) is 0.333. The molecule has 0 saturated carbocycles. The second-order valence-electron chi connectivity index (χ2n) is 3.58. The van der Waals surface area contributed by atoms with Gasteiger partial charge in [0.05, 0.1) is 5.69 Å². The lowest BCUT2D eigenvalue weighted by Crippen LogP contribution is -2.39. The number of carbonyl (C=O) groups is 2. The smallest absolute Gasteiger partial charge is 0.351 e. The topological polar surface area (TPSA) is 139 Å². The van der Waals surface area contributed by atoms with Crippen molar-refractivity contribution in [3.8, 4) is 0 Å². The van der Waals surface area contributed by atoms with E-state index in [-0.39, 0.29) is 6.42 Å². The summed E-state index contributed by atoms with van der Waals surface area (Å²) < 4.78 is 0. The molecule has 0 fully saturated rings. The molecule has 1 amide bonds. The van der Waals surface area contributed by atoms with Crippen LogP contribution in [0.2, 0.25) is 0 Å². The number of carboxylic acid groups (broad SMARTS) is 1. The summed E-state index contributed by atoms with van der Waals surface area (Å²) in [5.74, 6) is -2.34. The standard InChI is InChI=1S/C9H11N4O4S/c1-9(7(15)16,17-12-3-6(10)14)2-5-4-18-8(11)13-5/h3-4,10H,2H2,1H3,(H2,11,13)(H,15,16)/b12-3-. The number of nitrogen functional groups attached to an aromatic ring is 1. The van der Waals surface area contributed by atoms with E-state index in [4.69, 9.17) is 21.4 Å². The number of nitrogens with one attached hydrogen (secondary N) is 1. The zero-order valence-electron chi connectivity index (χ0n) is 9.41. The summed E-state index contributed by atoms with van der Waals surface area (Å²) in [7, 11) is 0. The number of nitrogens with zero attached hydrogens (tertiary/aromatic N) is 2. The van der Waals surface area contributed by atoms with Crippen LogP contribution >= 0.6 is 11.3 Å². The monoisotopic (exact) mass is 271 g/mol. The maximum atomic E-state index is 11.1. The molecule has 0 aromatic carbocycles. The molecule has 8 nitrogen and oxygen atoms in total. The number of amides is 1. The van der Waals surface area contributed by atoms with E-state index in [0.29, 0.717) is 17.0 Å². The first kappa shape index (κ1) is 13.9. The molecule has 1 atom stereocenters. The Morgan fingerprint density at radius 3 is 2.89 bits per heavy atom. The molecule has 0 bridgehead atoms. The Morgan fingerprint density at radius 1 is 1.78 bits per heavy atom. The lowest BCUT2D eigenvalue weighted by molar-refractivity contribution is -0.163. The molecule has 97 valence electrons. The van der Waals surface area contributed by atoms with Crippen LogP contribution in [0.1, 0.15) is 12.6 Å². The van der Waals surface area contributed by atoms with Crippen molar-refractivity contribution in [2.24, 2.45) is 5.16 Å². The van der Waals surface area contributed by atoms with Crippen molar-refractivity contribution < 1.29 is 19.5 Å². The van der Waals surface area contributed by atoms with E-state index < -0.39 is 17.5 Å². The molecule has 0 aliphatic rings. The predicted molar refractivity (Wildman–Crippen MR) is 64.0 cm³/mol. The number of rotatable bonds is 6. The van der Waals surface area contributed by atoms with Crippen LogP contribution in [0.5, 0.6) is 0 Å². The Labute approximate surface area is 106 Å². The molecule has 0 aliphatic heterocycles. The second-order valence-corrected chi connectivity index (χ2v) is 4.47. The van der Waals surface area contributed by atoms with E-state index in [2.05, 4.69) is 10.1 Å². The van der Waals surface area contributed by atoms with Crippen molar-refractivity contribution in [1.82, 2.24) is 10.7 Å². The maximum Gasteiger partial charge on any atom is 0.351 e. The highest BCUT2D eigenvalue weighted by atomic mass is 32.1. The van der Waals surface area contributed by atoms with Crippen LogP contribution in [-0.2, 0) is 20.8 Å². The van der Waals surface area contributed by atoms with E-state index in [9.17, 15) is 9.59 Å². The van der Waals surface area contributed by atoms with Crippen LogP contribution in [0.25, 0.3) is 0 Å². The Balaban J connectivity index is 2.80. The lowest BCUT2D eigenvalue weighted by atomic mass is 10.0. The number of hydrogen-bond acceptors (Lipinski definition) is 7. The number of oxime groups is 1. The Morgan fingerprint density at radius 2 is 2.44 bits per heavy atom. The summed E-state index contributed by atoms with van der Waals surface area (Å²) in [5, 5.41) is 14.2. The summed E-state index contributed by atoms with van der Waals surface area (Å²) >= 11 is 1.18. The predicted octanol–water partition coefficient (Wildman–Crippen LogP) is -0.0770. The van der Waals surface area contributed by atoms with Crippen molar-refractivity contribution in [3.05, 3.63) is 11.1 Å². The quantitative estimate of drug-likeness (QED) is 0.548. The zero-order valence-corrected chi connectivity index (χ0v) is 10.2. The van der Waals surface area contributed by atoms with Crippen molar-refractivity contribution in [3.63, 3.8) is 0 Å². The Bertz CT molecular complexity index is 487. The van der Waals surface area contributed by atoms with E-state index in [1.807, 2.05) is 0 Å². The Hall–Kier alpha value is -2.16. The average molecular weight is 271 g/mol. The Kier molecular flexibility index (Phi) is 4.21. The van der Waals surface area contributed by atoms with Gasteiger partial charge < -0.3 is 15.7 Å². The van der Waals surface area contributed by atoms with Crippen molar-refractivity contribution >= 4 is 34.6 Å². The summed E-state index contributed by atoms with van der Waals surface area (Å²) in [4.78, 5) is 30.1. The van der Waals surface area contributed by atoms with E-state index in [1.54, 1.807) is 5.38 Å². The summed E-state index contributed by atoms with van der Waals surface area (Å²) in [6.07, 6.45) is 0.524. The molecule has 1 heterocycles. The van der Waals surface area contributed by atoms with E-state index in [1.165, 1.54) is 18.3 Å². The first-order chi connectivity index (χ1) is 8.33. The highest BCUT2D eigenvalue weighted by Gasteiger charge is 2.37.